The van der Waals surface area contributed by atoms with Gasteiger partial charge >= 0.3 is 21.1 Å². The number of anilines is 3. The average Bonchev–Trinajstić information content (AvgIpc) is 3.63. The van der Waals surface area contributed by atoms with Crippen molar-refractivity contribution in [1.29, 1.82) is 0 Å². The van der Waals surface area contributed by atoms with Crippen LogP contribution in [0, 0.1) is 26.0 Å². The molecule has 9 rings (SSSR count). The van der Waals surface area contributed by atoms with Gasteiger partial charge in [-0.3, -0.25) is 0 Å². The molecule has 9 aromatic rings. The Morgan fingerprint density at radius 2 is 1.15 bits per heavy atom. The summed E-state index contributed by atoms with van der Waals surface area (Å²) >= 11 is 0. The third-order valence-electron chi connectivity index (χ3n) is 9.03. The summed E-state index contributed by atoms with van der Waals surface area (Å²) in [5, 5.41) is 4.94. The van der Waals surface area contributed by atoms with Gasteiger partial charge in [0.25, 0.3) is 0 Å². The van der Waals surface area contributed by atoms with E-state index >= 15 is 0 Å². The largest absolute Gasteiger partial charge is 2.00 e. The standard InChI is InChI=1S/C42H28N4.Pt/c1-27-11-7-12-28(2)40(27)45(31-15-8-13-29(25-31)37-20-5-6-23-43-37)32-16-9-14-30(26-32)39-42-36(22-24-44-39)35-19-10-18-34-33-17-3-4-21-38(33)46(42)41(34)35;/h3-24H,1-2H3;/q-2;+2. The Hall–Kier alpha value is -5.31. The number of fused-ring (bicyclic) bond motifs is 6. The Morgan fingerprint density at radius 1 is 0.532 bits per heavy atom. The van der Waals surface area contributed by atoms with Crippen molar-refractivity contribution in [3.05, 3.63) is 157 Å². The molecule has 0 aliphatic heterocycles. The third-order valence-corrected chi connectivity index (χ3v) is 9.03. The summed E-state index contributed by atoms with van der Waals surface area (Å²) in [6.45, 7) is 4.32. The Morgan fingerprint density at radius 3 is 1.91 bits per heavy atom. The summed E-state index contributed by atoms with van der Waals surface area (Å²) in [7, 11) is 0. The van der Waals surface area contributed by atoms with Gasteiger partial charge in [-0.1, -0.05) is 66.7 Å². The number of pyridine rings is 2. The van der Waals surface area contributed by atoms with Gasteiger partial charge in [0.15, 0.2) is 0 Å². The molecule has 5 heteroatoms. The molecule has 0 aliphatic rings. The molecule has 0 aliphatic carbocycles. The fourth-order valence-electron chi connectivity index (χ4n) is 7.08. The topological polar surface area (TPSA) is 33.4 Å². The van der Waals surface area contributed by atoms with E-state index in [-0.39, 0.29) is 21.1 Å². The minimum absolute atomic E-state index is 0. The molecular weight excluding hydrogens is 756 g/mol. The van der Waals surface area contributed by atoms with E-state index < -0.39 is 0 Å². The van der Waals surface area contributed by atoms with E-state index in [2.05, 4.69) is 143 Å². The van der Waals surface area contributed by atoms with Crippen molar-refractivity contribution in [3.8, 4) is 22.5 Å². The summed E-state index contributed by atoms with van der Waals surface area (Å²) in [6.07, 6.45) is 3.75. The van der Waals surface area contributed by atoms with Crippen LogP contribution < -0.4 is 4.90 Å². The van der Waals surface area contributed by atoms with Crippen molar-refractivity contribution in [2.24, 2.45) is 0 Å². The molecule has 47 heavy (non-hydrogen) atoms. The summed E-state index contributed by atoms with van der Waals surface area (Å²) < 4.78 is 2.39. The van der Waals surface area contributed by atoms with Gasteiger partial charge in [-0.05, 0) is 60.2 Å². The van der Waals surface area contributed by atoms with E-state index in [9.17, 15) is 0 Å². The van der Waals surface area contributed by atoms with Crippen LogP contribution in [0.25, 0.3) is 60.6 Å². The number of nitrogens with zero attached hydrogens (tertiary/aromatic N) is 4. The normalized spacial score (nSPS) is 11.4. The van der Waals surface area contributed by atoms with Crippen LogP contribution in [0.3, 0.4) is 0 Å². The molecule has 0 saturated carbocycles. The number of benzene rings is 5. The van der Waals surface area contributed by atoms with E-state index in [0.717, 1.165) is 45.1 Å². The van der Waals surface area contributed by atoms with Crippen LogP contribution in [0.4, 0.5) is 17.1 Å². The Kier molecular flexibility index (Phi) is 7.12. The number of hydrogen-bond donors (Lipinski definition) is 0. The SMILES string of the molecule is Cc1cccc(C)c1N(c1[c-]c(-c2ccccn2)ccc1)c1[c-]c(-c2nccc3c4cccc5c6ccccc6n(c23)c54)ccc1.[Pt+2]. The maximum Gasteiger partial charge on any atom is 2.00 e. The first-order valence-corrected chi connectivity index (χ1v) is 15.5. The molecule has 0 spiro atoms. The number of aromatic nitrogens is 3. The molecule has 0 saturated heterocycles. The third kappa shape index (κ3) is 4.55. The monoisotopic (exact) mass is 783 g/mol. The van der Waals surface area contributed by atoms with Crippen LogP contribution in [-0.2, 0) is 21.1 Å². The molecule has 0 bridgehead atoms. The van der Waals surface area contributed by atoms with Crippen molar-refractivity contribution in [2.75, 3.05) is 4.90 Å². The number of aryl methyl sites for hydroxylation is 2. The second-order valence-electron chi connectivity index (χ2n) is 11.8. The predicted octanol–water partition coefficient (Wildman–Crippen LogP) is 10.6. The average molecular weight is 784 g/mol. The predicted molar refractivity (Wildman–Crippen MR) is 189 cm³/mol. The molecule has 0 fully saturated rings. The molecule has 0 unspecified atom stereocenters. The zero-order valence-electron chi connectivity index (χ0n) is 25.8. The molecular formula is C42H28N4Pt. The van der Waals surface area contributed by atoms with Crippen molar-refractivity contribution < 1.29 is 21.1 Å². The van der Waals surface area contributed by atoms with Gasteiger partial charge in [-0.25, -0.2) is 0 Å². The summed E-state index contributed by atoms with van der Waals surface area (Å²) in [5.41, 5.74) is 12.5. The van der Waals surface area contributed by atoms with Crippen LogP contribution >= 0.6 is 0 Å². The maximum atomic E-state index is 5.03. The summed E-state index contributed by atoms with van der Waals surface area (Å²) in [4.78, 5) is 11.9. The molecule has 226 valence electrons. The quantitative estimate of drug-likeness (QED) is 0.163. The van der Waals surface area contributed by atoms with Gasteiger partial charge in [0.2, 0.25) is 0 Å². The zero-order valence-corrected chi connectivity index (χ0v) is 28.1. The van der Waals surface area contributed by atoms with E-state index in [1.165, 1.54) is 43.7 Å². The second-order valence-corrected chi connectivity index (χ2v) is 11.8. The first kappa shape index (κ1) is 29.1. The fraction of sp³-hybridized carbons (Fsp3) is 0.0476. The summed E-state index contributed by atoms with van der Waals surface area (Å²) in [5.74, 6) is 0. The van der Waals surface area contributed by atoms with Crippen molar-refractivity contribution >= 4 is 55.2 Å². The minimum atomic E-state index is 0. The maximum absolute atomic E-state index is 5.03. The number of hydrogen-bond acceptors (Lipinski definition) is 3. The Bertz CT molecular complexity index is 2550. The smallest absolute Gasteiger partial charge is 0.346 e. The van der Waals surface area contributed by atoms with Gasteiger partial charge in [-0.2, -0.15) is 0 Å². The van der Waals surface area contributed by atoms with E-state index in [0.29, 0.717) is 0 Å². The molecule has 5 aromatic carbocycles. The van der Waals surface area contributed by atoms with Gasteiger partial charge in [0.1, 0.15) is 0 Å². The van der Waals surface area contributed by atoms with Crippen LogP contribution in [0.15, 0.2) is 134 Å². The Balaban J connectivity index is 0.00000324. The molecule has 0 radical (unpaired) electrons. The fourth-order valence-corrected chi connectivity index (χ4v) is 7.08. The molecule has 0 N–H and O–H groups in total. The van der Waals surface area contributed by atoms with Gasteiger partial charge in [0, 0.05) is 50.8 Å². The second kappa shape index (κ2) is 11.5. The molecule has 0 atom stereocenters. The van der Waals surface area contributed by atoms with Gasteiger partial charge in [0.05, 0.1) is 11.0 Å². The van der Waals surface area contributed by atoms with Crippen LogP contribution in [0.2, 0.25) is 0 Å². The van der Waals surface area contributed by atoms with Crippen LogP contribution in [0.1, 0.15) is 11.1 Å². The first-order valence-electron chi connectivity index (χ1n) is 15.5. The number of para-hydroxylation sites is 3. The van der Waals surface area contributed by atoms with Crippen molar-refractivity contribution in [3.63, 3.8) is 0 Å². The molecule has 4 aromatic heterocycles. The zero-order chi connectivity index (χ0) is 30.8. The molecule has 4 nitrogen and oxygen atoms in total. The van der Waals surface area contributed by atoms with Gasteiger partial charge < -0.3 is 19.3 Å². The van der Waals surface area contributed by atoms with Crippen LogP contribution in [-0.4, -0.2) is 14.4 Å². The number of rotatable bonds is 5. The van der Waals surface area contributed by atoms with Crippen LogP contribution in [0.5, 0.6) is 0 Å². The van der Waals surface area contributed by atoms with Crippen molar-refractivity contribution in [2.45, 2.75) is 13.8 Å². The molecule has 0 amide bonds. The van der Waals surface area contributed by atoms with Crippen molar-refractivity contribution in [1.82, 2.24) is 14.4 Å². The van der Waals surface area contributed by atoms with Gasteiger partial charge in [-0.15, -0.1) is 59.7 Å². The first-order chi connectivity index (χ1) is 22.7. The minimum Gasteiger partial charge on any atom is -0.346 e. The summed E-state index contributed by atoms with van der Waals surface area (Å²) in [6, 6.07) is 49.9. The van der Waals surface area contributed by atoms with E-state index in [4.69, 9.17) is 4.98 Å². The van der Waals surface area contributed by atoms with E-state index in [1.807, 2.05) is 30.6 Å². The van der Waals surface area contributed by atoms with E-state index in [1.54, 1.807) is 0 Å². The molecule has 4 heterocycles. The Labute approximate surface area is 287 Å².